The maximum absolute atomic E-state index is 13.0. The Labute approximate surface area is 149 Å². The molecule has 132 valence electrons. The van der Waals surface area contributed by atoms with Gasteiger partial charge in [0, 0.05) is 13.0 Å². The Balaban J connectivity index is 1.62. The maximum Gasteiger partial charge on any atom is 0.338 e. The molecule has 0 aliphatic carbocycles. The van der Waals surface area contributed by atoms with Crippen molar-refractivity contribution in [3.05, 3.63) is 75.6 Å². The van der Waals surface area contributed by atoms with Crippen molar-refractivity contribution >= 4 is 16.9 Å². The molecule has 1 aromatic heterocycles. The molecule has 1 atom stereocenters. The number of ether oxygens (including phenoxy) is 1. The molecule has 0 saturated heterocycles. The lowest BCUT2D eigenvalue weighted by Gasteiger charge is -2.14. The second kappa shape index (κ2) is 6.37. The lowest BCUT2D eigenvalue weighted by Crippen LogP contribution is -2.21. The number of aromatic nitrogens is 2. The second-order valence-corrected chi connectivity index (χ2v) is 6.42. The number of nitrogens with zero attached hydrogens (tertiary/aromatic N) is 2. The highest BCUT2D eigenvalue weighted by molar-refractivity contribution is 5.94. The average Bonchev–Trinajstić information content (AvgIpc) is 3.10. The van der Waals surface area contributed by atoms with Crippen LogP contribution in [0.3, 0.4) is 0 Å². The molecular formula is C20H17FN2O3. The zero-order valence-electron chi connectivity index (χ0n) is 14.2. The summed E-state index contributed by atoms with van der Waals surface area (Å²) in [7, 11) is 0. The Bertz CT molecular complexity index is 1060. The zero-order chi connectivity index (χ0) is 18.3. The lowest BCUT2D eigenvalue weighted by atomic mass is 10.1. The number of carbonyl (C=O) groups is 1. The molecule has 0 radical (unpaired) electrons. The number of benzene rings is 2. The minimum absolute atomic E-state index is 0.0675. The van der Waals surface area contributed by atoms with Crippen molar-refractivity contribution < 1.29 is 13.9 Å². The van der Waals surface area contributed by atoms with Gasteiger partial charge in [-0.1, -0.05) is 12.1 Å². The Hall–Kier alpha value is -3.02. The number of carbonyl (C=O) groups excluding carboxylic acids is 1. The van der Waals surface area contributed by atoms with Crippen molar-refractivity contribution in [2.24, 2.45) is 0 Å². The van der Waals surface area contributed by atoms with E-state index in [9.17, 15) is 14.0 Å². The molecule has 26 heavy (non-hydrogen) atoms. The van der Waals surface area contributed by atoms with Crippen molar-refractivity contribution in [3.63, 3.8) is 0 Å². The van der Waals surface area contributed by atoms with E-state index in [-0.39, 0.29) is 11.4 Å². The summed E-state index contributed by atoms with van der Waals surface area (Å²) < 4.78 is 20.2. The molecule has 1 aliphatic heterocycles. The highest BCUT2D eigenvalue weighted by atomic mass is 19.1. The zero-order valence-corrected chi connectivity index (χ0v) is 14.2. The van der Waals surface area contributed by atoms with Gasteiger partial charge in [0.05, 0.1) is 16.5 Å². The number of esters is 1. The normalized spacial score (nSPS) is 14.2. The molecule has 0 amide bonds. The van der Waals surface area contributed by atoms with E-state index in [4.69, 9.17) is 4.74 Å². The van der Waals surface area contributed by atoms with Gasteiger partial charge in [-0.3, -0.25) is 9.36 Å². The van der Waals surface area contributed by atoms with E-state index in [0.717, 1.165) is 18.7 Å². The van der Waals surface area contributed by atoms with Crippen molar-refractivity contribution in [1.29, 1.82) is 0 Å². The van der Waals surface area contributed by atoms with E-state index in [0.29, 0.717) is 28.6 Å². The van der Waals surface area contributed by atoms with Crippen molar-refractivity contribution in [2.45, 2.75) is 32.4 Å². The molecule has 2 heterocycles. The van der Waals surface area contributed by atoms with Gasteiger partial charge in [-0.15, -0.1) is 0 Å². The Morgan fingerprint density at radius 3 is 2.77 bits per heavy atom. The fourth-order valence-electron chi connectivity index (χ4n) is 3.24. The molecule has 5 nitrogen and oxygen atoms in total. The van der Waals surface area contributed by atoms with Gasteiger partial charge < -0.3 is 4.74 Å². The van der Waals surface area contributed by atoms with Crippen LogP contribution in [-0.4, -0.2) is 15.5 Å². The van der Waals surface area contributed by atoms with Crippen LogP contribution in [0.4, 0.5) is 4.39 Å². The van der Waals surface area contributed by atoms with E-state index >= 15 is 0 Å². The molecule has 3 aromatic rings. The van der Waals surface area contributed by atoms with Gasteiger partial charge in [0.1, 0.15) is 17.7 Å². The van der Waals surface area contributed by atoms with Crippen LogP contribution in [-0.2, 0) is 17.7 Å². The average molecular weight is 352 g/mol. The fraction of sp³-hybridized carbons (Fsp3) is 0.250. The predicted molar refractivity (Wildman–Crippen MR) is 94.6 cm³/mol. The van der Waals surface area contributed by atoms with Gasteiger partial charge in [-0.25, -0.2) is 14.2 Å². The van der Waals surface area contributed by atoms with Gasteiger partial charge in [0.25, 0.3) is 5.56 Å². The predicted octanol–water partition coefficient (Wildman–Crippen LogP) is 3.40. The van der Waals surface area contributed by atoms with Crippen LogP contribution in [0.1, 0.15) is 41.2 Å². The highest BCUT2D eigenvalue weighted by Gasteiger charge is 2.18. The second-order valence-electron chi connectivity index (χ2n) is 6.42. The van der Waals surface area contributed by atoms with Crippen LogP contribution < -0.4 is 5.56 Å². The molecular weight excluding hydrogens is 335 g/mol. The Morgan fingerprint density at radius 1 is 1.23 bits per heavy atom. The summed E-state index contributed by atoms with van der Waals surface area (Å²) in [6, 6.07) is 10.6. The number of fused-ring (bicyclic) bond motifs is 2. The molecule has 0 N–H and O–H groups in total. The van der Waals surface area contributed by atoms with E-state index in [2.05, 4.69) is 4.98 Å². The number of hydrogen-bond donors (Lipinski definition) is 0. The van der Waals surface area contributed by atoms with Crippen molar-refractivity contribution in [2.75, 3.05) is 0 Å². The van der Waals surface area contributed by atoms with E-state index in [1.54, 1.807) is 41.8 Å². The molecule has 1 unspecified atom stereocenters. The molecule has 1 aliphatic rings. The highest BCUT2D eigenvalue weighted by Crippen LogP contribution is 2.21. The van der Waals surface area contributed by atoms with Gasteiger partial charge in [-0.05, 0) is 49.2 Å². The summed E-state index contributed by atoms with van der Waals surface area (Å²) in [5, 5.41) is 0.499. The van der Waals surface area contributed by atoms with Crippen LogP contribution in [0.2, 0.25) is 0 Å². The van der Waals surface area contributed by atoms with Crippen molar-refractivity contribution in [1.82, 2.24) is 9.55 Å². The standard InChI is InChI=1S/C20H17FN2O3/c1-12(13-4-7-15(21)8-5-13)26-20(25)14-6-9-16-17(11-14)22-18-3-2-10-23(18)19(16)24/h4-9,11-12H,2-3,10H2,1H3. The SMILES string of the molecule is CC(OC(=O)c1ccc2c(=O)n3c(nc2c1)CCC3)c1ccc(F)cc1. The molecule has 0 bridgehead atoms. The Kier molecular flexibility index (Phi) is 4.03. The number of hydrogen-bond acceptors (Lipinski definition) is 4. The summed E-state index contributed by atoms with van der Waals surface area (Å²) in [6.45, 7) is 2.42. The monoisotopic (exact) mass is 352 g/mol. The largest absolute Gasteiger partial charge is 0.454 e. The first kappa shape index (κ1) is 16.4. The maximum atomic E-state index is 13.0. The van der Waals surface area contributed by atoms with Crippen LogP contribution in [0.5, 0.6) is 0 Å². The summed E-state index contributed by atoms with van der Waals surface area (Å²) in [6.07, 6.45) is 1.15. The first-order valence-corrected chi connectivity index (χ1v) is 8.53. The van der Waals surface area contributed by atoms with Crippen LogP contribution >= 0.6 is 0 Å². The minimum Gasteiger partial charge on any atom is -0.454 e. The van der Waals surface area contributed by atoms with E-state index < -0.39 is 12.1 Å². The fourth-order valence-corrected chi connectivity index (χ4v) is 3.24. The third-order valence-corrected chi connectivity index (χ3v) is 4.68. The number of halogens is 1. The van der Waals surface area contributed by atoms with Gasteiger partial charge in [-0.2, -0.15) is 0 Å². The summed E-state index contributed by atoms with van der Waals surface area (Å²) in [5.74, 6) is -0.0921. The number of aryl methyl sites for hydroxylation is 1. The van der Waals surface area contributed by atoms with Gasteiger partial charge in [0.15, 0.2) is 0 Å². The quantitative estimate of drug-likeness (QED) is 0.678. The summed E-state index contributed by atoms with van der Waals surface area (Å²) in [4.78, 5) is 29.4. The van der Waals surface area contributed by atoms with Crippen LogP contribution in [0.25, 0.3) is 10.9 Å². The summed E-state index contributed by atoms with van der Waals surface area (Å²) >= 11 is 0. The van der Waals surface area contributed by atoms with Crippen molar-refractivity contribution in [3.8, 4) is 0 Å². The molecule has 6 heteroatoms. The van der Waals surface area contributed by atoms with E-state index in [1.165, 1.54) is 12.1 Å². The summed E-state index contributed by atoms with van der Waals surface area (Å²) in [5.41, 5.74) is 1.48. The van der Waals surface area contributed by atoms with Crippen LogP contribution in [0, 0.1) is 5.82 Å². The molecule has 2 aromatic carbocycles. The number of rotatable bonds is 3. The van der Waals surface area contributed by atoms with Gasteiger partial charge >= 0.3 is 5.97 Å². The third-order valence-electron chi connectivity index (χ3n) is 4.68. The smallest absolute Gasteiger partial charge is 0.338 e. The third kappa shape index (κ3) is 2.87. The molecule has 0 fully saturated rings. The molecule has 0 spiro atoms. The first-order valence-electron chi connectivity index (χ1n) is 8.53. The lowest BCUT2D eigenvalue weighted by molar-refractivity contribution is 0.0338. The first-order chi connectivity index (χ1) is 12.5. The van der Waals surface area contributed by atoms with E-state index in [1.807, 2.05) is 0 Å². The topological polar surface area (TPSA) is 61.2 Å². The molecule has 0 saturated carbocycles. The minimum atomic E-state index is -0.516. The Morgan fingerprint density at radius 2 is 2.00 bits per heavy atom. The van der Waals surface area contributed by atoms with Crippen LogP contribution in [0.15, 0.2) is 47.3 Å². The van der Waals surface area contributed by atoms with Gasteiger partial charge in [0.2, 0.25) is 0 Å². The molecule has 4 rings (SSSR count).